The molecule has 2 heterocycles. The number of hydrogen-bond donors (Lipinski definition) is 2. The number of nitrogens with zero attached hydrogens (tertiary/aromatic N) is 4. The molecule has 0 fully saturated rings. The summed E-state index contributed by atoms with van der Waals surface area (Å²) < 4.78 is 1.47. The number of rotatable bonds is 6. The fourth-order valence-electron chi connectivity index (χ4n) is 4.26. The minimum absolute atomic E-state index is 0.193. The van der Waals surface area contributed by atoms with E-state index in [4.69, 9.17) is 27.3 Å². The first-order chi connectivity index (χ1) is 16.6. The summed E-state index contributed by atoms with van der Waals surface area (Å²) in [6.07, 6.45) is 9.45. The highest BCUT2D eigenvalue weighted by Crippen LogP contribution is 2.28. The van der Waals surface area contributed by atoms with Gasteiger partial charge in [-0.05, 0) is 61.9 Å². The predicted molar refractivity (Wildman–Crippen MR) is 137 cm³/mol. The van der Waals surface area contributed by atoms with Crippen LogP contribution >= 0.6 is 11.6 Å². The Morgan fingerprint density at radius 1 is 1.15 bits per heavy atom. The van der Waals surface area contributed by atoms with Gasteiger partial charge in [0.05, 0.1) is 17.2 Å². The highest BCUT2D eigenvalue weighted by molar-refractivity contribution is 6.30. The molecular weight excluding hydrogens is 448 g/mol. The van der Waals surface area contributed by atoms with Gasteiger partial charge in [-0.1, -0.05) is 47.5 Å². The molecule has 7 nitrogen and oxygen atoms in total. The molecule has 0 saturated carbocycles. The van der Waals surface area contributed by atoms with Gasteiger partial charge in [-0.15, -0.1) is 0 Å². The maximum atomic E-state index is 13.2. The van der Waals surface area contributed by atoms with Crippen LogP contribution in [-0.2, 0) is 0 Å². The van der Waals surface area contributed by atoms with E-state index in [1.807, 2.05) is 36.4 Å². The Hall–Kier alpha value is -3.71. The lowest BCUT2D eigenvalue weighted by molar-refractivity contribution is 0.0956. The Balaban J connectivity index is 1.52. The number of nitrogens with two attached hydrogens (primary N) is 1. The monoisotopic (exact) mass is 472 g/mol. The zero-order valence-electron chi connectivity index (χ0n) is 18.7. The van der Waals surface area contributed by atoms with Crippen molar-refractivity contribution in [3.63, 3.8) is 0 Å². The third-order valence-corrected chi connectivity index (χ3v) is 6.22. The number of aromatic nitrogens is 3. The summed E-state index contributed by atoms with van der Waals surface area (Å²) in [5.41, 5.74) is 11.2. The Labute approximate surface area is 202 Å². The lowest BCUT2D eigenvalue weighted by Crippen LogP contribution is -2.25. The zero-order chi connectivity index (χ0) is 23.5. The van der Waals surface area contributed by atoms with Crippen LogP contribution < -0.4 is 11.1 Å². The van der Waals surface area contributed by atoms with E-state index in [1.54, 1.807) is 18.3 Å². The lowest BCUT2D eigenvalue weighted by Gasteiger charge is -2.12. The molecule has 5 rings (SSSR count). The average Bonchev–Trinajstić information content (AvgIpc) is 3.12. The summed E-state index contributed by atoms with van der Waals surface area (Å²) >= 11 is 6.10. The normalized spacial score (nSPS) is 14.1. The highest BCUT2D eigenvalue weighted by atomic mass is 35.5. The standard InChI is InChI=1S/C26H25ClN6O/c27-19-10-6-9-18(15-19)16-30-33-24(28)22(26(34)29-14-13-17-7-2-1-3-8-17)23-25(33)32-21-12-5-4-11-20(21)31-23/h4-7,9-12,15-16H,1-3,8,13-14,28H2,(H,29,34)/b30-16-. The Kier molecular flexibility index (Phi) is 6.27. The van der Waals surface area contributed by atoms with Gasteiger partial charge in [0, 0.05) is 11.6 Å². The lowest BCUT2D eigenvalue weighted by atomic mass is 9.97. The molecular formula is C26H25ClN6O. The molecule has 2 aromatic carbocycles. The Morgan fingerprint density at radius 2 is 1.97 bits per heavy atom. The fourth-order valence-corrected chi connectivity index (χ4v) is 4.45. The molecule has 0 radical (unpaired) electrons. The molecule has 0 unspecified atom stereocenters. The number of para-hydroxylation sites is 2. The molecule has 8 heteroatoms. The van der Waals surface area contributed by atoms with Crippen molar-refractivity contribution in [1.29, 1.82) is 0 Å². The second-order valence-corrected chi connectivity index (χ2v) is 8.81. The van der Waals surface area contributed by atoms with E-state index in [-0.39, 0.29) is 17.3 Å². The van der Waals surface area contributed by atoms with E-state index >= 15 is 0 Å². The maximum Gasteiger partial charge on any atom is 0.257 e. The van der Waals surface area contributed by atoms with Crippen molar-refractivity contribution in [1.82, 2.24) is 20.0 Å². The first kappa shape index (κ1) is 22.1. The predicted octanol–water partition coefficient (Wildman–Crippen LogP) is 5.32. The number of anilines is 1. The van der Waals surface area contributed by atoms with Crippen LogP contribution in [0, 0.1) is 0 Å². The van der Waals surface area contributed by atoms with Crippen molar-refractivity contribution in [3.05, 3.63) is 76.3 Å². The number of halogens is 1. The molecule has 34 heavy (non-hydrogen) atoms. The summed E-state index contributed by atoms with van der Waals surface area (Å²) in [6.45, 7) is 0.545. The van der Waals surface area contributed by atoms with Gasteiger partial charge >= 0.3 is 0 Å². The van der Waals surface area contributed by atoms with Gasteiger partial charge in [0.25, 0.3) is 5.91 Å². The number of hydrogen-bond acceptors (Lipinski definition) is 5. The first-order valence-corrected chi connectivity index (χ1v) is 11.8. The first-order valence-electron chi connectivity index (χ1n) is 11.4. The zero-order valence-corrected chi connectivity index (χ0v) is 19.4. The second-order valence-electron chi connectivity index (χ2n) is 8.37. The van der Waals surface area contributed by atoms with Gasteiger partial charge in [-0.3, -0.25) is 4.79 Å². The second kappa shape index (κ2) is 9.65. The number of carbonyl (C=O) groups is 1. The topological polar surface area (TPSA) is 98.2 Å². The van der Waals surface area contributed by atoms with Crippen molar-refractivity contribution < 1.29 is 4.79 Å². The van der Waals surface area contributed by atoms with Gasteiger partial charge in [0.2, 0.25) is 0 Å². The molecule has 1 aliphatic carbocycles. The summed E-state index contributed by atoms with van der Waals surface area (Å²) in [5, 5.41) is 8.14. The third-order valence-electron chi connectivity index (χ3n) is 5.99. The van der Waals surface area contributed by atoms with Crippen LogP contribution in [0.2, 0.25) is 5.02 Å². The molecule has 0 aliphatic heterocycles. The van der Waals surface area contributed by atoms with Crippen LogP contribution in [0.1, 0.15) is 48.0 Å². The van der Waals surface area contributed by atoms with Crippen molar-refractivity contribution in [2.45, 2.75) is 32.1 Å². The van der Waals surface area contributed by atoms with Gasteiger partial charge in [-0.2, -0.15) is 9.78 Å². The van der Waals surface area contributed by atoms with Gasteiger partial charge in [0.15, 0.2) is 5.65 Å². The molecule has 0 bridgehead atoms. The van der Waals surface area contributed by atoms with Crippen LogP contribution in [-0.4, -0.2) is 33.3 Å². The molecule has 0 atom stereocenters. The summed E-state index contributed by atoms with van der Waals surface area (Å²) in [6, 6.07) is 14.8. The molecule has 172 valence electrons. The third kappa shape index (κ3) is 4.52. The molecule has 1 aliphatic rings. The highest BCUT2D eigenvalue weighted by Gasteiger charge is 2.24. The van der Waals surface area contributed by atoms with E-state index in [1.165, 1.54) is 23.1 Å². The van der Waals surface area contributed by atoms with E-state index in [0.717, 1.165) is 24.8 Å². The van der Waals surface area contributed by atoms with Crippen molar-refractivity contribution >= 4 is 51.7 Å². The number of amides is 1. The Bertz CT molecular complexity index is 1440. The maximum absolute atomic E-state index is 13.2. The van der Waals surface area contributed by atoms with Crippen LogP contribution in [0.4, 0.5) is 5.82 Å². The summed E-state index contributed by atoms with van der Waals surface area (Å²) in [7, 11) is 0. The summed E-state index contributed by atoms with van der Waals surface area (Å²) in [4.78, 5) is 22.7. The quantitative estimate of drug-likeness (QED) is 0.293. The molecule has 3 N–H and O–H groups in total. The number of nitrogens with one attached hydrogen (secondary N) is 1. The largest absolute Gasteiger partial charge is 0.383 e. The smallest absolute Gasteiger partial charge is 0.257 e. The van der Waals surface area contributed by atoms with Gasteiger partial charge in [-0.25, -0.2) is 9.97 Å². The van der Waals surface area contributed by atoms with Crippen LogP contribution in [0.25, 0.3) is 22.2 Å². The fraction of sp³-hybridized carbons (Fsp3) is 0.231. The Morgan fingerprint density at radius 3 is 2.74 bits per heavy atom. The SMILES string of the molecule is Nc1c(C(=O)NCCC2=CCCCC2)c2nc3ccccc3nc2n1/N=C\c1cccc(Cl)c1. The van der Waals surface area contributed by atoms with Crippen molar-refractivity contribution in [3.8, 4) is 0 Å². The number of fused-ring (bicyclic) bond motifs is 2. The number of carbonyl (C=O) groups excluding carboxylic acids is 1. The molecule has 0 saturated heterocycles. The number of benzene rings is 2. The van der Waals surface area contributed by atoms with E-state index < -0.39 is 0 Å². The number of allylic oxidation sites excluding steroid dienone is 1. The minimum atomic E-state index is -0.278. The van der Waals surface area contributed by atoms with Gasteiger partial charge in [0.1, 0.15) is 16.9 Å². The minimum Gasteiger partial charge on any atom is -0.383 e. The van der Waals surface area contributed by atoms with Crippen molar-refractivity contribution in [2.24, 2.45) is 5.10 Å². The van der Waals surface area contributed by atoms with Gasteiger partial charge < -0.3 is 11.1 Å². The summed E-state index contributed by atoms with van der Waals surface area (Å²) in [5.74, 6) is -0.0850. The molecule has 4 aromatic rings. The molecule has 0 spiro atoms. The van der Waals surface area contributed by atoms with E-state index in [0.29, 0.717) is 33.8 Å². The van der Waals surface area contributed by atoms with Crippen LogP contribution in [0.3, 0.4) is 0 Å². The van der Waals surface area contributed by atoms with Crippen LogP contribution in [0.5, 0.6) is 0 Å². The van der Waals surface area contributed by atoms with E-state index in [2.05, 4.69) is 16.5 Å². The number of nitrogen functional groups attached to an aromatic ring is 1. The molecule has 1 amide bonds. The van der Waals surface area contributed by atoms with Crippen molar-refractivity contribution in [2.75, 3.05) is 12.3 Å². The molecule has 2 aromatic heterocycles. The van der Waals surface area contributed by atoms with Crippen LogP contribution in [0.15, 0.2) is 65.3 Å². The van der Waals surface area contributed by atoms with E-state index in [9.17, 15) is 4.79 Å². The average molecular weight is 473 g/mol.